The van der Waals surface area contributed by atoms with E-state index in [0.717, 1.165) is 25.7 Å². The zero-order valence-electron chi connectivity index (χ0n) is 21.3. The van der Waals surface area contributed by atoms with Crippen LogP contribution in [0.3, 0.4) is 0 Å². The molecule has 208 valence electrons. The topological polar surface area (TPSA) is 140 Å². The highest BCUT2D eigenvalue weighted by Crippen LogP contribution is 2.40. The molecule has 1 saturated heterocycles. The number of carbonyl (C=O) groups excluding carboxylic acids is 2. The lowest BCUT2D eigenvalue weighted by atomic mass is 9.85. The van der Waals surface area contributed by atoms with Crippen LogP contribution in [0.4, 0.5) is 22.4 Å². The lowest BCUT2D eigenvalue weighted by Gasteiger charge is -2.32. The summed E-state index contributed by atoms with van der Waals surface area (Å²) in [6, 6.07) is 3.19. The first kappa shape index (κ1) is 27.5. The molecule has 4 N–H and O–H groups in total. The standard InChI is InChI=1S/C25H29Cl3N8O3/c1-39-25(38)35-8-2-3-15(12-35)31-23-30-11-19-22(34-23)36(16-6-4-13(5-7-16)21(29)37)24(32-19)33-20-17(27)9-14(26)10-18(20)28/h9-11,13,15-16H,2-8,12H2,1H3,(H2,29,37)(H,32,33)(H,30,31,34). The number of nitrogens with two attached hydrogens (primary N) is 1. The van der Waals surface area contributed by atoms with Gasteiger partial charge in [0.2, 0.25) is 17.8 Å². The Morgan fingerprint density at radius 1 is 1.08 bits per heavy atom. The van der Waals surface area contributed by atoms with E-state index in [2.05, 4.69) is 15.6 Å². The van der Waals surface area contributed by atoms with Crippen molar-refractivity contribution in [3.8, 4) is 0 Å². The summed E-state index contributed by atoms with van der Waals surface area (Å²) in [7, 11) is 1.38. The number of anilines is 3. The summed E-state index contributed by atoms with van der Waals surface area (Å²) in [5.74, 6) is 0.507. The third-order valence-corrected chi connectivity index (χ3v) is 8.14. The van der Waals surface area contributed by atoms with E-state index in [4.69, 9.17) is 55.2 Å². The number of rotatable bonds is 6. The monoisotopic (exact) mass is 594 g/mol. The van der Waals surface area contributed by atoms with Crippen LogP contribution in [0.5, 0.6) is 0 Å². The van der Waals surface area contributed by atoms with Crippen molar-refractivity contribution in [3.05, 3.63) is 33.4 Å². The largest absolute Gasteiger partial charge is 0.453 e. The Hall–Kier alpha value is -3.02. The number of hydrogen-bond acceptors (Lipinski definition) is 8. The molecule has 5 rings (SSSR count). The SMILES string of the molecule is COC(=O)N1CCCC(Nc2ncc3nc(Nc4c(Cl)cc(Cl)cc4Cl)n(C4CCC(C(N)=O)CC4)c3n2)C1. The van der Waals surface area contributed by atoms with Crippen LogP contribution in [0.2, 0.25) is 15.1 Å². The molecule has 0 radical (unpaired) electrons. The molecular formula is C25H29Cl3N8O3. The van der Waals surface area contributed by atoms with Crippen molar-refractivity contribution in [2.24, 2.45) is 11.7 Å². The number of likely N-dealkylation sites (tertiary alicyclic amines) is 1. The van der Waals surface area contributed by atoms with Gasteiger partial charge in [0.05, 0.1) is 29.0 Å². The molecule has 1 aliphatic heterocycles. The number of carbonyl (C=O) groups is 2. The Bertz CT molecular complexity index is 1370. The van der Waals surface area contributed by atoms with Crippen LogP contribution in [0, 0.1) is 5.92 Å². The Kier molecular flexibility index (Phi) is 8.20. The molecule has 2 amide bonds. The minimum Gasteiger partial charge on any atom is -0.453 e. The number of benzene rings is 1. The van der Waals surface area contributed by atoms with E-state index in [0.29, 0.717) is 69.7 Å². The number of hydrogen-bond donors (Lipinski definition) is 3. The van der Waals surface area contributed by atoms with Crippen LogP contribution in [-0.2, 0) is 9.53 Å². The van der Waals surface area contributed by atoms with Gasteiger partial charge in [-0.2, -0.15) is 4.98 Å². The Morgan fingerprint density at radius 2 is 1.79 bits per heavy atom. The van der Waals surface area contributed by atoms with Gasteiger partial charge in [-0.15, -0.1) is 0 Å². The highest BCUT2D eigenvalue weighted by atomic mass is 35.5. The van der Waals surface area contributed by atoms with Crippen LogP contribution < -0.4 is 16.4 Å². The van der Waals surface area contributed by atoms with Crippen molar-refractivity contribution in [1.82, 2.24) is 24.4 Å². The average Bonchev–Trinajstić information content (AvgIpc) is 3.27. The molecule has 1 unspecified atom stereocenters. The average molecular weight is 596 g/mol. The number of nitrogens with one attached hydrogen (secondary N) is 2. The zero-order chi connectivity index (χ0) is 27.7. The number of ether oxygens (including phenoxy) is 1. The lowest BCUT2D eigenvalue weighted by molar-refractivity contribution is -0.122. The number of imidazole rings is 1. The zero-order valence-corrected chi connectivity index (χ0v) is 23.6. The first-order chi connectivity index (χ1) is 18.7. The summed E-state index contributed by atoms with van der Waals surface area (Å²) < 4.78 is 6.90. The number of nitrogens with zero attached hydrogens (tertiary/aromatic N) is 5. The van der Waals surface area contributed by atoms with Gasteiger partial charge in [-0.05, 0) is 50.7 Å². The van der Waals surface area contributed by atoms with Gasteiger partial charge >= 0.3 is 6.09 Å². The second kappa shape index (κ2) is 11.6. The van der Waals surface area contributed by atoms with Crippen molar-refractivity contribution in [1.29, 1.82) is 0 Å². The number of fused-ring (bicyclic) bond motifs is 1. The number of aromatic nitrogens is 4. The summed E-state index contributed by atoms with van der Waals surface area (Å²) in [4.78, 5) is 39.5. The molecule has 1 saturated carbocycles. The number of amides is 2. The molecule has 3 heterocycles. The van der Waals surface area contributed by atoms with E-state index in [1.807, 2.05) is 4.57 Å². The minimum atomic E-state index is -0.349. The van der Waals surface area contributed by atoms with Crippen LogP contribution in [0.15, 0.2) is 18.3 Å². The smallest absolute Gasteiger partial charge is 0.409 e. The maximum absolute atomic E-state index is 12.0. The molecule has 2 fully saturated rings. The fourth-order valence-corrected chi connectivity index (χ4v) is 6.27. The van der Waals surface area contributed by atoms with Crippen LogP contribution in [0.25, 0.3) is 11.2 Å². The van der Waals surface area contributed by atoms with Gasteiger partial charge in [-0.25, -0.2) is 14.8 Å². The maximum Gasteiger partial charge on any atom is 0.409 e. The third-order valence-electron chi connectivity index (χ3n) is 7.33. The predicted octanol–water partition coefficient (Wildman–Crippen LogP) is 5.39. The van der Waals surface area contributed by atoms with Gasteiger partial charge < -0.3 is 26.0 Å². The summed E-state index contributed by atoms with van der Waals surface area (Å²) in [6.45, 7) is 1.14. The molecule has 1 aliphatic carbocycles. The van der Waals surface area contributed by atoms with Crippen molar-refractivity contribution < 1.29 is 14.3 Å². The number of halogens is 3. The third kappa shape index (κ3) is 5.95. The van der Waals surface area contributed by atoms with E-state index in [-0.39, 0.29) is 30.0 Å². The van der Waals surface area contributed by atoms with Crippen LogP contribution >= 0.6 is 34.8 Å². The molecular weight excluding hydrogens is 567 g/mol. The molecule has 11 nitrogen and oxygen atoms in total. The van der Waals surface area contributed by atoms with Crippen LogP contribution in [0.1, 0.15) is 44.6 Å². The molecule has 1 aromatic carbocycles. The first-order valence-electron chi connectivity index (χ1n) is 12.8. The predicted molar refractivity (Wildman–Crippen MR) is 151 cm³/mol. The van der Waals surface area contributed by atoms with Gasteiger partial charge in [0.15, 0.2) is 5.65 Å². The summed E-state index contributed by atoms with van der Waals surface area (Å²) >= 11 is 19.0. The molecule has 0 bridgehead atoms. The Balaban J connectivity index is 1.48. The van der Waals surface area contributed by atoms with E-state index in [1.165, 1.54) is 7.11 Å². The summed E-state index contributed by atoms with van der Waals surface area (Å²) in [5.41, 5.74) is 7.26. The van der Waals surface area contributed by atoms with Gasteiger partial charge in [0.25, 0.3) is 0 Å². The first-order valence-corrected chi connectivity index (χ1v) is 13.9. The molecule has 1 atom stereocenters. The summed E-state index contributed by atoms with van der Waals surface area (Å²) in [6.07, 6.45) is 5.80. The Morgan fingerprint density at radius 3 is 2.46 bits per heavy atom. The van der Waals surface area contributed by atoms with Gasteiger partial charge in [-0.3, -0.25) is 9.36 Å². The number of methoxy groups -OCH3 is 1. The molecule has 39 heavy (non-hydrogen) atoms. The fraction of sp³-hybridized carbons (Fsp3) is 0.480. The Labute approximate surface area is 240 Å². The number of piperidine rings is 1. The quantitative estimate of drug-likeness (QED) is 0.345. The second-order valence-corrected chi connectivity index (χ2v) is 11.1. The molecule has 14 heteroatoms. The molecule has 0 spiro atoms. The van der Waals surface area contributed by atoms with Crippen molar-refractivity contribution in [3.63, 3.8) is 0 Å². The second-order valence-electron chi connectivity index (χ2n) is 9.88. The van der Waals surface area contributed by atoms with E-state index in [1.54, 1.807) is 23.2 Å². The fourth-order valence-electron chi connectivity index (χ4n) is 5.36. The minimum absolute atomic E-state index is 0.00481. The summed E-state index contributed by atoms with van der Waals surface area (Å²) in [5, 5.41) is 7.76. The number of primary amides is 1. The van der Waals surface area contributed by atoms with E-state index in [9.17, 15) is 9.59 Å². The maximum atomic E-state index is 12.0. The molecule has 2 aliphatic rings. The lowest BCUT2D eigenvalue weighted by Crippen LogP contribution is -2.45. The van der Waals surface area contributed by atoms with Gasteiger partial charge in [0.1, 0.15) is 5.52 Å². The molecule has 2 aromatic heterocycles. The van der Waals surface area contributed by atoms with Gasteiger partial charge in [0, 0.05) is 36.1 Å². The molecule has 3 aromatic rings. The van der Waals surface area contributed by atoms with Gasteiger partial charge in [-0.1, -0.05) is 34.8 Å². The highest BCUT2D eigenvalue weighted by Gasteiger charge is 2.30. The van der Waals surface area contributed by atoms with Crippen molar-refractivity contribution in [2.45, 2.75) is 50.6 Å². The van der Waals surface area contributed by atoms with Crippen molar-refractivity contribution >= 4 is 75.6 Å². The van der Waals surface area contributed by atoms with E-state index >= 15 is 0 Å². The normalized spacial score (nSPS) is 21.5. The highest BCUT2D eigenvalue weighted by molar-refractivity contribution is 6.41. The van der Waals surface area contributed by atoms with Crippen LogP contribution in [-0.4, -0.2) is 62.7 Å². The van der Waals surface area contributed by atoms with E-state index < -0.39 is 0 Å². The van der Waals surface area contributed by atoms with Crippen molar-refractivity contribution in [2.75, 3.05) is 30.8 Å².